The van der Waals surface area contributed by atoms with Gasteiger partial charge in [0.15, 0.2) is 0 Å². The van der Waals surface area contributed by atoms with Gasteiger partial charge in [0.2, 0.25) is 0 Å². The quantitative estimate of drug-likeness (QED) is 0.595. The highest BCUT2D eigenvalue weighted by Crippen LogP contribution is 2.26. The Morgan fingerprint density at radius 2 is 1.96 bits per heavy atom. The highest BCUT2D eigenvalue weighted by atomic mass is 32.1. The van der Waals surface area contributed by atoms with Crippen LogP contribution >= 0.6 is 11.3 Å². The standard InChI is InChI=1S/C22H28N2O3S/c1-4-8-18-14-28-19(24-18)12-11-16-9-7-10-17(13-16)20(25)23-15-22(5-2,6-3)21(26)27/h7,9-14H,4-6,8,15H2,1-3H3,(H,23,25)(H,26,27)/b12-11+. The van der Waals surface area contributed by atoms with Crippen LogP contribution in [0.2, 0.25) is 0 Å². The zero-order chi connectivity index (χ0) is 20.6. The Morgan fingerprint density at radius 1 is 1.21 bits per heavy atom. The first-order valence-electron chi connectivity index (χ1n) is 9.68. The number of aryl methyl sites for hydroxylation is 1. The highest BCUT2D eigenvalue weighted by molar-refractivity contribution is 7.10. The molecule has 0 saturated heterocycles. The van der Waals surface area contributed by atoms with E-state index in [-0.39, 0.29) is 12.5 Å². The molecular weight excluding hydrogens is 372 g/mol. The van der Waals surface area contributed by atoms with Gasteiger partial charge in [0.1, 0.15) is 5.01 Å². The number of rotatable bonds is 10. The second-order valence-electron chi connectivity index (χ2n) is 6.86. The largest absolute Gasteiger partial charge is 0.481 e. The van der Waals surface area contributed by atoms with E-state index in [0.29, 0.717) is 18.4 Å². The molecule has 2 aromatic rings. The van der Waals surface area contributed by atoms with Gasteiger partial charge < -0.3 is 10.4 Å². The first-order chi connectivity index (χ1) is 13.4. The van der Waals surface area contributed by atoms with Crippen molar-refractivity contribution in [1.29, 1.82) is 0 Å². The molecule has 0 aliphatic heterocycles. The lowest BCUT2D eigenvalue weighted by atomic mass is 9.82. The monoisotopic (exact) mass is 400 g/mol. The van der Waals surface area contributed by atoms with Gasteiger partial charge in [-0.05, 0) is 43.0 Å². The van der Waals surface area contributed by atoms with Crippen LogP contribution in [0.1, 0.15) is 66.7 Å². The lowest BCUT2D eigenvalue weighted by Gasteiger charge is -2.26. The predicted octanol–water partition coefficient (Wildman–Crippen LogP) is 4.89. The smallest absolute Gasteiger partial charge is 0.311 e. The van der Waals surface area contributed by atoms with Crippen LogP contribution < -0.4 is 5.32 Å². The van der Waals surface area contributed by atoms with E-state index in [1.807, 2.05) is 38.1 Å². The summed E-state index contributed by atoms with van der Waals surface area (Å²) >= 11 is 1.60. The van der Waals surface area contributed by atoms with E-state index in [2.05, 4.69) is 22.6 Å². The number of thiazole rings is 1. The van der Waals surface area contributed by atoms with Crippen molar-refractivity contribution in [3.63, 3.8) is 0 Å². The first-order valence-corrected chi connectivity index (χ1v) is 10.6. The molecule has 0 radical (unpaired) electrons. The predicted molar refractivity (Wildman–Crippen MR) is 114 cm³/mol. The number of benzene rings is 1. The van der Waals surface area contributed by atoms with Gasteiger partial charge in [-0.15, -0.1) is 11.3 Å². The highest BCUT2D eigenvalue weighted by Gasteiger charge is 2.35. The third-order valence-corrected chi connectivity index (χ3v) is 5.90. The van der Waals surface area contributed by atoms with Crippen molar-refractivity contribution in [2.75, 3.05) is 6.54 Å². The van der Waals surface area contributed by atoms with Crippen molar-refractivity contribution in [1.82, 2.24) is 10.3 Å². The average molecular weight is 401 g/mol. The maximum atomic E-state index is 12.5. The lowest BCUT2D eigenvalue weighted by molar-refractivity contribution is -0.149. The molecule has 1 amide bonds. The van der Waals surface area contributed by atoms with Gasteiger partial charge in [-0.2, -0.15) is 0 Å². The van der Waals surface area contributed by atoms with E-state index in [1.165, 1.54) is 0 Å². The second kappa shape index (κ2) is 10.2. The van der Waals surface area contributed by atoms with Gasteiger partial charge in [0, 0.05) is 17.5 Å². The number of carbonyl (C=O) groups excluding carboxylic acids is 1. The molecule has 0 spiro atoms. The third-order valence-electron chi connectivity index (χ3n) is 5.04. The van der Waals surface area contributed by atoms with E-state index < -0.39 is 11.4 Å². The molecule has 0 atom stereocenters. The Hall–Kier alpha value is -2.47. The molecule has 0 fully saturated rings. The van der Waals surface area contributed by atoms with Crippen molar-refractivity contribution in [3.05, 3.63) is 51.5 Å². The molecule has 2 N–H and O–H groups in total. The summed E-state index contributed by atoms with van der Waals surface area (Å²) in [6.07, 6.45) is 6.87. The molecule has 0 aliphatic carbocycles. The first kappa shape index (κ1) is 21.8. The van der Waals surface area contributed by atoms with Gasteiger partial charge in [0.05, 0.1) is 11.1 Å². The van der Waals surface area contributed by atoms with E-state index >= 15 is 0 Å². The molecule has 0 aliphatic rings. The van der Waals surface area contributed by atoms with Crippen LogP contribution in [-0.4, -0.2) is 28.5 Å². The van der Waals surface area contributed by atoms with Crippen molar-refractivity contribution in [2.24, 2.45) is 5.41 Å². The van der Waals surface area contributed by atoms with Gasteiger partial charge in [-0.1, -0.05) is 45.4 Å². The van der Waals surface area contributed by atoms with Crippen LogP contribution in [0.3, 0.4) is 0 Å². The fourth-order valence-corrected chi connectivity index (χ4v) is 3.69. The summed E-state index contributed by atoms with van der Waals surface area (Å²) in [4.78, 5) is 28.7. The molecule has 0 bridgehead atoms. The second-order valence-corrected chi connectivity index (χ2v) is 7.75. The van der Waals surface area contributed by atoms with Crippen molar-refractivity contribution < 1.29 is 14.7 Å². The number of aliphatic carboxylic acids is 1. The minimum absolute atomic E-state index is 0.119. The van der Waals surface area contributed by atoms with Gasteiger partial charge in [-0.25, -0.2) is 4.98 Å². The molecule has 0 unspecified atom stereocenters. The molecule has 1 aromatic carbocycles. The Labute approximate surface area is 170 Å². The fourth-order valence-electron chi connectivity index (χ4n) is 2.95. The number of nitrogens with zero attached hydrogens (tertiary/aromatic N) is 1. The lowest BCUT2D eigenvalue weighted by Crippen LogP contribution is -2.42. The van der Waals surface area contributed by atoms with Crippen LogP contribution in [0, 0.1) is 5.41 Å². The van der Waals surface area contributed by atoms with Crippen LogP contribution in [0.4, 0.5) is 0 Å². The molecule has 2 rings (SSSR count). The summed E-state index contributed by atoms with van der Waals surface area (Å²) in [6, 6.07) is 7.28. The van der Waals surface area contributed by atoms with Gasteiger partial charge in [-0.3, -0.25) is 9.59 Å². The molecule has 1 heterocycles. The number of aromatic nitrogens is 1. The summed E-state index contributed by atoms with van der Waals surface area (Å²) in [6.45, 7) is 5.92. The molecule has 0 saturated carbocycles. The van der Waals surface area contributed by atoms with Crippen molar-refractivity contribution in [2.45, 2.75) is 46.5 Å². The number of carboxylic acids is 1. The summed E-state index contributed by atoms with van der Waals surface area (Å²) in [5, 5.41) is 15.3. The molecule has 28 heavy (non-hydrogen) atoms. The zero-order valence-corrected chi connectivity index (χ0v) is 17.5. The number of hydrogen-bond donors (Lipinski definition) is 2. The van der Waals surface area contributed by atoms with E-state index in [9.17, 15) is 14.7 Å². The summed E-state index contributed by atoms with van der Waals surface area (Å²) in [5.74, 6) is -1.14. The molecule has 1 aromatic heterocycles. The number of hydrogen-bond acceptors (Lipinski definition) is 4. The summed E-state index contributed by atoms with van der Waals surface area (Å²) in [7, 11) is 0. The molecule has 5 nitrogen and oxygen atoms in total. The normalized spacial score (nSPS) is 11.7. The maximum absolute atomic E-state index is 12.5. The number of carbonyl (C=O) groups is 2. The average Bonchev–Trinajstić information content (AvgIpc) is 3.15. The SMILES string of the molecule is CCCc1csc(/C=C/c2cccc(C(=O)NCC(CC)(CC)C(=O)O)c2)n1. The van der Waals surface area contributed by atoms with Crippen LogP contribution in [-0.2, 0) is 11.2 Å². The summed E-state index contributed by atoms with van der Waals surface area (Å²) < 4.78 is 0. The Balaban J connectivity index is 2.06. The van der Waals surface area contributed by atoms with Gasteiger partial charge >= 0.3 is 5.97 Å². The maximum Gasteiger partial charge on any atom is 0.311 e. The fraction of sp³-hybridized carbons (Fsp3) is 0.409. The number of amides is 1. The third kappa shape index (κ3) is 5.52. The van der Waals surface area contributed by atoms with Crippen LogP contribution in [0.5, 0.6) is 0 Å². The van der Waals surface area contributed by atoms with Crippen molar-refractivity contribution >= 4 is 35.4 Å². The topological polar surface area (TPSA) is 79.3 Å². The van der Waals surface area contributed by atoms with E-state index in [1.54, 1.807) is 23.5 Å². The number of carboxylic acid groups (broad SMARTS) is 1. The molecule has 150 valence electrons. The molecule has 6 heteroatoms. The van der Waals surface area contributed by atoms with E-state index in [4.69, 9.17) is 0 Å². The Morgan fingerprint density at radius 3 is 2.61 bits per heavy atom. The minimum atomic E-state index is -0.922. The minimum Gasteiger partial charge on any atom is -0.481 e. The van der Waals surface area contributed by atoms with E-state index in [0.717, 1.165) is 29.1 Å². The van der Waals surface area contributed by atoms with Crippen LogP contribution in [0.25, 0.3) is 12.2 Å². The zero-order valence-electron chi connectivity index (χ0n) is 16.7. The summed E-state index contributed by atoms with van der Waals surface area (Å²) in [5.41, 5.74) is 1.60. The van der Waals surface area contributed by atoms with Gasteiger partial charge in [0.25, 0.3) is 5.91 Å². The number of nitrogens with one attached hydrogen (secondary N) is 1. The van der Waals surface area contributed by atoms with Crippen LogP contribution in [0.15, 0.2) is 29.6 Å². The molecular formula is C22H28N2O3S. The Bertz CT molecular complexity index is 838. The van der Waals surface area contributed by atoms with Crippen molar-refractivity contribution in [3.8, 4) is 0 Å². The Kier molecular flexibility index (Phi) is 7.93.